The zero-order valence-corrected chi connectivity index (χ0v) is 18.1. The molecule has 158 valence electrons. The molecule has 1 saturated heterocycles. The molecule has 1 aromatic carbocycles. The molecule has 2 amide bonds. The maximum absolute atomic E-state index is 13.3. The highest BCUT2D eigenvalue weighted by atomic mass is 32.2. The predicted molar refractivity (Wildman–Crippen MR) is 117 cm³/mol. The Balaban J connectivity index is 1.59. The summed E-state index contributed by atoms with van der Waals surface area (Å²) in [7, 11) is -1.50. The molecule has 1 aliphatic heterocycles. The lowest BCUT2D eigenvalue weighted by molar-refractivity contribution is -0.133. The lowest BCUT2D eigenvalue weighted by Crippen LogP contribution is -2.51. The SMILES string of the molecule is CN(C(=O)[C@@H](Cc1c[nH]c2ccccc12)NC(=O)c1cccs1)[C@H]1CCS(=O)(=O)C1. The monoisotopic (exact) mass is 445 g/mol. The number of para-hydroxylation sites is 1. The zero-order chi connectivity index (χ0) is 21.3. The number of thiophene rings is 1. The fraction of sp³-hybridized carbons (Fsp3) is 0.333. The Hall–Kier alpha value is -2.65. The number of rotatable bonds is 6. The van der Waals surface area contributed by atoms with Crippen LogP contribution < -0.4 is 5.32 Å². The van der Waals surface area contributed by atoms with E-state index >= 15 is 0 Å². The molecule has 0 unspecified atom stereocenters. The molecular weight excluding hydrogens is 422 g/mol. The molecule has 3 aromatic rings. The number of likely N-dealkylation sites (N-methyl/N-ethyl adjacent to an activating group) is 1. The molecule has 0 spiro atoms. The fourth-order valence-electron chi connectivity index (χ4n) is 3.86. The number of H-pyrrole nitrogens is 1. The summed E-state index contributed by atoms with van der Waals surface area (Å²) in [4.78, 5) is 31.2. The summed E-state index contributed by atoms with van der Waals surface area (Å²) in [5, 5.41) is 5.66. The minimum atomic E-state index is -3.12. The van der Waals surface area contributed by atoms with E-state index in [2.05, 4.69) is 10.3 Å². The van der Waals surface area contributed by atoms with Crippen molar-refractivity contribution in [1.29, 1.82) is 0 Å². The Morgan fingerprint density at radius 3 is 2.77 bits per heavy atom. The molecule has 1 aliphatic rings. The molecule has 3 heterocycles. The molecule has 2 N–H and O–H groups in total. The van der Waals surface area contributed by atoms with E-state index in [1.54, 1.807) is 24.6 Å². The van der Waals surface area contributed by atoms with Crippen LogP contribution in [0.5, 0.6) is 0 Å². The van der Waals surface area contributed by atoms with Crippen molar-refractivity contribution in [3.05, 3.63) is 58.4 Å². The molecule has 0 bridgehead atoms. The fourth-order valence-corrected chi connectivity index (χ4v) is 6.27. The largest absolute Gasteiger partial charge is 0.361 e. The van der Waals surface area contributed by atoms with Gasteiger partial charge in [0.15, 0.2) is 9.84 Å². The number of aromatic nitrogens is 1. The summed E-state index contributed by atoms with van der Waals surface area (Å²) < 4.78 is 23.7. The number of benzene rings is 1. The van der Waals surface area contributed by atoms with Crippen LogP contribution in [0.2, 0.25) is 0 Å². The van der Waals surface area contributed by atoms with Gasteiger partial charge in [0.1, 0.15) is 6.04 Å². The molecule has 1 fully saturated rings. The summed E-state index contributed by atoms with van der Waals surface area (Å²) in [6.07, 6.45) is 2.58. The molecule has 2 atom stereocenters. The summed E-state index contributed by atoms with van der Waals surface area (Å²) in [6, 6.07) is 10.1. The van der Waals surface area contributed by atoms with E-state index < -0.39 is 15.9 Å². The molecule has 0 radical (unpaired) electrons. The Labute approximate surface area is 179 Å². The van der Waals surface area contributed by atoms with Gasteiger partial charge in [-0.3, -0.25) is 9.59 Å². The van der Waals surface area contributed by atoms with Gasteiger partial charge in [-0.25, -0.2) is 8.42 Å². The third kappa shape index (κ3) is 4.27. The Kier molecular flexibility index (Phi) is 5.66. The van der Waals surface area contributed by atoms with Crippen molar-refractivity contribution in [1.82, 2.24) is 15.2 Å². The van der Waals surface area contributed by atoms with Crippen LogP contribution in [0.1, 0.15) is 21.7 Å². The van der Waals surface area contributed by atoms with Crippen LogP contribution in [-0.4, -0.2) is 60.8 Å². The summed E-state index contributed by atoms with van der Waals surface area (Å²) in [5.74, 6) is -0.541. The van der Waals surface area contributed by atoms with Gasteiger partial charge < -0.3 is 15.2 Å². The van der Waals surface area contributed by atoms with Crippen LogP contribution >= 0.6 is 11.3 Å². The van der Waals surface area contributed by atoms with Crippen molar-refractivity contribution in [2.24, 2.45) is 0 Å². The molecule has 0 saturated carbocycles. The second-order valence-corrected chi connectivity index (χ2v) is 10.7. The first-order chi connectivity index (χ1) is 14.3. The standard InChI is InChI=1S/C21H23N3O4S2/c1-24(15-8-10-30(27,28)13-15)21(26)18(23-20(25)19-7-4-9-29-19)11-14-12-22-17-6-3-2-5-16(14)17/h2-7,9,12,15,18,22H,8,10-11,13H2,1H3,(H,23,25)/t15-,18+/m0/s1. The second-order valence-electron chi connectivity index (χ2n) is 7.57. The van der Waals surface area contributed by atoms with Gasteiger partial charge in [-0.2, -0.15) is 0 Å². The van der Waals surface area contributed by atoms with Gasteiger partial charge in [-0.1, -0.05) is 24.3 Å². The molecule has 30 heavy (non-hydrogen) atoms. The Morgan fingerprint density at radius 2 is 2.07 bits per heavy atom. The lowest BCUT2D eigenvalue weighted by Gasteiger charge is -2.28. The van der Waals surface area contributed by atoms with E-state index in [1.165, 1.54) is 16.2 Å². The van der Waals surface area contributed by atoms with Gasteiger partial charge in [-0.15, -0.1) is 11.3 Å². The van der Waals surface area contributed by atoms with E-state index in [0.717, 1.165) is 16.5 Å². The number of hydrogen-bond donors (Lipinski definition) is 2. The summed E-state index contributed by atoms with van der Waals surface area (Å²) in [5.41, 5.74) is 1.88. The first-order valence-electron chi connectivity index (χ1n) is 9.70. The van der Waals surface area contributed by atoms with Gasteiger partial charge in [0.2, 0.25) is 5.91 Å². The molecule has 9 heteroatoms. The van der Waals surface area contributed by atoms with Gasteiger partial charge in [0.25, 0.3) is 5.91 Å². The third-order valence-corrected chi connectivity index (χ3v) is 8.17. The average molecular weight is 446 g/mol. The van der Waals surface area contributed by atoms with Gasteiger partial charge in [-0.05, 0) is 29.5 Å². The lowest BCUT2D eigenvalue weighted by atomic mass is 10.0. The van der Waals surface area contributed by atoms with Gasteiger partial charge in [0.05, 0.1) is 16.4 Å². The Bertz CT molecular complexity index is 1170. The number of fused-ring (bicyclic) bond motifs is 1. The van der Waals surface area contributed by atoms with Crippen LogP contribution in [0.15, 0.2) is 48.0 Å². The number of hydrogen-bond acceptors (Lipinski definition) is 5. The quantitative estimate of drug-likeness (QED) is 0.608. The van der Waals surface area contributed by atoms with E-state index in [1.807, 2.05) is 30.5 Å². The molecule has 0 aliphatic carbocycles. The van der Waals surface area contributed by atoms with Crippen LogP contribution in [0.4, 0.5) is 0 Å². The van der Waals surface area contributed by atoms with Crippen molar-refractivity contribution in [3.8, 4) is 0 Å². The van der Waals surface area contributed by atoms with Crippen LogP contribution in [0.25, 0.3) is 10.9 Å². The van der Waals surface area contributed by atoms with Crippen LogP contribution in [0, 0.1) is 0 Å². The predicted octanol–water partition coefficient (Wildman–Crippen LogP) is 2.22. The highest BCUT2D eigenvalue weighted by Crippen LogP contribution is 2.22. The maximum Gasteiger partial charge on any atom is 0.262 e. The smallest absolute Gasteiger partial charge is 0.262 e. The van der Waals surface area contributed by atoms with E-state index in [9.17, 15) is 18.0 Å². The number of carbonyl (C=O) groups excluding carboxylic acids is 2. The van der Waals surface area contributed by atoms with E-state index in [0.29, 0.717) is 17.7 Å². The second kappa shape index (κ2) is 8.23. The number of aromatic amines is 1. The van der Waals surface area contributed by atoms with Gasteiger partial charge in [0, 0.05) is 36.6 Å². The maximum atomic E-state index is 13.3. The minimum absolute atomic E-state index is 0.0338. The number of carbonyl (C=O) groups is 2. The average Bonchev–Trinajstić information content (AvgIpc) is 3.46. The van der Waals surface area contributed by atoms with E-state index in [-0.39, 0.29) is 29.4 Å². The van der Waals surface area contributed by atoms with Gasteiger partial charge >= 0.3 is 0 Å². The molecule has 4 rings (SSSR count). The topological polar surface area (TPSA) is 99.3 Å². The van der Waals surface area contributed by atoms with Crippen molar-refractivity contribution in [2.75, 3.05) is 18.6 Å². The molecular formula is C21H23N3O4S2. The number of nitrogens with zero attached hydrogens (tertiary/aromatic N) is 1. The molecule has 2 aromatic heterocycles. The summed E-state index contributed by atoms with van der Waals surface area (Å²) in [6.45, 7) is 0. The zero-order valence-electron chi connectivity index (χ0n) is 16.5. The first-order valence-corrected chi connectivity index (χ1v) is 12.4. The first kappa shape index (κ1) is 20.6. The van der Waals surface area contributed by atoms with Crippen molar-refractivity contribution < 1.29 is 18.0 Å². The van der Waals surface area contributed by atoms with Crippen molar-refractivity contribution in [2.45, 2.75) is 24.9 Å². The number of sulfone groups is 1. The summed E-state index contributed by atoms with van der Waals surface area (Å²) >= 11 is 1.31. The molecule has 7 nitrogen and oxygen atoms in total. The minimum Gasteiger partial charge on any atom is -0.361 e. The number of nitrogens with one attached hydrogen (secondary N) is 2. The van der Waals surface area contributed by atoms with Crippen molar-refractivity contribution in [3.63, 3.8) is 0 Å². The highest BCUT2D eigenvalue weighted by molar-refractivity contribution is 7.91. The highest BCUT2D eigenvalue weighted by Gasteiger charge is 2.35. The van der Waals surface area contributed by atoms with Crippen molar-refractivity contribution >= 4 is 43.9 Å². The van der Waals surface area contributed by atoms with Crippen LogP contribution in [-0.2, 0) is 21.1 Å². The van der Waals surface area contributed by atoms with E-state index in [4.69, 9.17) is 0 Å². The number of amides is 2. The Morgan fingerprint density at radius 1 is 1.27 bits per heavy atom. The third-order valence-electron chi connectivity index (χ3n) is 5.55. The normalized spacial score (nSPS) is 18.9. The van der Waals surface area contributed by atoms with Crippen LogP contribution in [0.3, 0.4) is 0 Å².